The Bertz CT molecular complexity index is 631. The maximum atomic E-state index is 5.24. The van der Waals surface area contributed by atoms with Gasteiger partial charge in [0.15, 0.2) is 0 Å². The number of methoxy groups -OCH3 is 1. The molecule has 1 heterocycles. The number of likely N-dealkylation sites (N-methyl/N-ethyl adjacent to an activating group) is 1. The lowest BCUT2D eigenvalue weighted by atomic mass is 10.0. The molecule has 0 atom stereocenters. The van der Waals surface area contributed by atoms with Gasteiger partial charge in [-0.05, 0) is 55.3 Å². The predicted octanol–water partition coefficient (Wildman–Crippen LogP) is 3.54. The summed E-state index contributed by atoms with van der Waals surface area (Å²) in [7, 11) is 3.91. The second kappa shape index (κ2) is 8.32. The van der Waals surface area contributed by atoms with E-state index < -0.39 is 0 Å². The Morgan fingerprint density at radius 1 is 0.917 bits per heavy atom. The van der Waals surface area contributed by atoms with Gasteiger partial charge in [0.1, 0.15) is 5.75 Å². The summed E-state index contributed by atoms with van der Waals surface area (Å²) in [4.78, 5) is 5.00. The van der Waals surface area contributed by atoms with Gasteiger partial charge in [-0.3, -0.25) is 0 Å². The molecule has 3 rings (SSSR count). The number of aryl methyl sites for hydroxylation is 1. The van der Waals surface area contributed by atoms with Crippen LogP contribution in [0.4, 0.5) is 0 Å². The van der Waals surface area contributed by atoms with Crippen LogP contribution >= 0.6 is 0 Å². The maximum Gasteiger partial charge on any atom is 0.118 e. The molecule has 1 aliphatic heterocycles. The summed E-state index contributed by atoms with van der Waals surface area (Å²) in [6.45, 7) is 6.03. The Hall–Kier alpha value is -1.84. The molecule has 128 valence electrons. The van der Waals surface area contributed by atoms with Crippen LogP contribution in [0.25, 0.3) is 11.1 Å². The van der Waals surface area contributed by atoms with Crippen LogP contribution in [0.3, 0.4) is 0 Å². The van der Waals surface area contributed by atoms with Crippen LogP contribution in [0.2, 0.25) is 0 Å². The lowest BCUT2D eigenvalue weighted by Gasteiger charge is -2.32. The molecule has 1 aliphatic rings. The standard InChI is InChI=1S/C21H28N2O/c1-22-13-15-23(16-14-22)12-4-6-18-5-3-7-20(17-18)19-8-10-21(24-2)11-9-19/h3,5,7-11,17H,4,6,12-16H2,1-2H3. The van der Waals surface area contributed by atoms with E-state index in [1.54, 1.807) is 7.11 Å². The van der Waals surface area contributed by atoms with E-state index in [2.05, 4.69) is 53.2 Å². The van der Waals surface area contributed by atoms with Gasteiger partial charge in [-0.15, -0.1) is 0 Å². The van der Waals surface area contributed by atoms with Crippen LogP contribution in [-0.2, 0) is 6.42 Å². The van der Waals surface area contributed by atoms with Crippen molar-refractivity contribution in [3.8, 4) is 16.9 Å². The molecule has 1 fully saturated rings. The molecule has 2 aromatic carbocycles. The normalized spacial score (nSPS) is 16.2. The van der Waals surface area contributed by atoms with E-state index in [1.165, 1.54) is 55.8 Å². The smallest absolute Gasteiger partial charge is 0.118 e. The van der Waals surface area contributed by atoms with Crippen molar-refractivity contribution in [2.45, 2.75) is 12.8 Å². The highest BCUT2D eigenvalue weighted by molar-refractivity contribution is 5.64. The maximum absolute atomic E-state index is 5.24. The molecule has 0 bridgehead atoms. The second-order valence-corrected chi connectivity index (χ2v) is 6.68. The Labute approximate surface area is 145 Å². The largest absolute Gasteiger partial charge is 0.497 e. The quantitative estimate of drug-likeness (QED) is 0.808. The minimum absolute atomic E-state index is 0.905. The third kappa shape index (κ3) is 4.59. The minimum atomic E-state index is 0.905. The molecule has 1 saturated heterocycles. The van der Waals surface area contributed by atoms with E-state index in [-0.39, 0.29) is 0 Å². The van der Waals surface area contributed by atoms with E-state index >= 15 is 0 Å². The van der Waals surface area contributed by atoms with E-state index in [0.717, 1.165) is 12.2 Å². The molecule has 0 radical (unpaired) electrons. The van der Waals surface area contributed by atoms with Crippen molar-refractivity contribution in [2.75, 3.05) is 46.9 Å². The molecule has 0 N–H and O–H groups in total. The van der Waals surface area contributed by atoms with Gasteiger partial charge in [0.05, 0.1) is 7.11 Å². The predicted molar refractivity (Wildman–Crippen MR) is 101 cm³/mol. The highest BCUT2D eigenvalue weighted by Gasteiger charge is 2.12. The van der Waals surface area contributed by atoms with Crippen LogP contribution in [-0.4, -0.2) is 56.7 Å². The zero-order valence-corrected chi connectivity index (χ0v) is 14.9. The van der Waals surface area contributed by atoms with E-state index in [0.29, 0.717) is 0 Å². The van der Waals surface area contributed by atoms with Gasteiger partial charge in [0, 0.05) is 26.2 Å². The molecule has 0 spiro atoms. The number of ether oxygens (including phenoxy) is 1. The van der Waals surface area contributed by atoms with Crippen molar-refractivity contribution in [3.05, 3.63) is 54.1 Å². The Morgan fingerprint density at radius 2 is 1.67 bits per heavy atom. The summed E-state index contributed by atoms with van der Waals surface area (Å²) in [5.74, 6) is 0.905. The molecule has 24 heavy (non-hydrogen) atoms. The van der Waals surface area contributed by atoms with Gasteiger partial charge < -0.3 is 14.5 Å². The van der Waals surface area contributed by atoms with E-state index in [1.807, 2.05) is 12.1 Å². The fraction of sp³-hybridized carbons (Fsp3) is 0.429. The Balaban J connectivity index is 1.55. The summed E-state index contributed by atoms with van der Waals surface area (Å²) in [5.41, 5.74) is 3.96. The van der Waals surface area contributed by atoms with Gasteiger partial charge in [-0.2, -0.15) is 0 Å². The molecule has 3 nitrogen and oxygen atoms in total. The first-order valence-electron chi connectivity index (χ1n) is 8.89. The van der Waals surface area contributed by atoms with Gasteiger partial charge in [-0.1, -0.05) is 36.4 Å². The Kier molecular flexibility index (Phi) is 5.89. The van der Waals surface area contributed by atoms with E-state index in [9.17, 15) is 0 Å². The molecular weight excluding hydrogens is 296 g/mol. The molecule has 0 saturated carbocycles. The molecule has 3 heteroatoms. The third-order valence-electron chi connectivity index (χ3n) is 4.89. The highest BCUT2D eigenvalue weighted by atomic mass is 16.5. The summed E-state index contributed by atoms with van der Waals surface area (Å²) < 4.78 is 5.24. The number of hydrogen-bond acceptors (Lipinski definition) is 3. The number of nitrogens with zero attached hydrogens (tertiary/aromatic N) is 2. The molecule has 0 aliphatic carbocycles. The van der Waals surface area contributed by atoms with Crippen molar-refractivity contribution in [2.24, 2.45) is 0 Å². The number of benzene rings is 2. The van der Waals surface area contributed by atoms with Crippen molar-refractivity contribution in [3.63, 3.8) is 0 Å². The average molecular weight is 324 g/mol. The monoisotopic (exact) mass is 324 g/mol. The summed E-state index contributed by atoms with van der Waals surface area (Å²) in [6.07, 6.45) is 2.38. The van der Waals surface area contributed by atoms with Gasteiger partial charge in [-0.25, -0.2) is 0 Å². The minimum Gasteiger partial charge on any atom is -0.497 e. The van der Waals surface area contributed by atoms with Crippen LogP contribution in [0.15, 0.2) is 48.5 Å². The average Bonchev–Trinajstić information content (AvgIpc) is 2.64. The van der Waals surface area contributed by atoms with Crippen LogP contribution in [0.1, 0.15) is 12.0 Å². The van der Waals surface area contributed by atoms with Crippen molar-refractivity contribution >= 4 is 0 Å². The van der Waals surface area contributed by atoms with Crippen molar-refractivity contribution in [1.82, 2.24) is 9.80 Å². The molecular formula is C21H28N2O. The zero-order chi connectivity index (χ0) is 16.8. The number of rotatable bonds is 6. The molecule has 0 unspecified atom stereocenters. The van der Waals surface area contributed by atoms with Gasteiger partial charge in [0.2, 0.25) is 0 Å². The second-order valence-electron chi connectivity index (χ2n) is 6.68. The Morgan fingerprint density at radius 3 is 2.38 bits per heavy atom. The fourth-order valence-electron chi connectivity index (χ4n) is 3.27. The van der Waals surface area contributed by atoms with Gasteiger partial charge >= 0.3 is 0 Å². The van der Waals surface area contributed by atoms with Gasteiger partial charge in [0.25, 0.3) is 0 Å². The number of piperazine rings is 1. The third-order valence-corrected chi connectivity index (χ3v) is 4.89. The molecule has 0 aromatic heterocycles. The first-order chi connectivity index (χ1) is 11.7. The van der Waals surface area contributed by atoms with Crippen molar-refractivity contribution in [1.29, 1.82) is 0 Å². The SMILES string of the molecule is COc1ccc(-c2cccc(CCCN3CCN(C)CC3)c2)cc1. The first kappa shape index (κ1) is 17.0. The summed E-state index contributed by atoms with van der Waals surface area (Å²) in [5, 5.41) is 0. The fourth-order valence-corrected chi connectivity index (χ4v) is 3.27. The van der Waals surface area contributed by atoms with E-state index in [4.69, 9.17) is 4.74 Å². The summed E-state index contributed by atoms with van der Waals surface area (Å²) in [6, 6.07) is 17.2. The van der Waals surface area contributed by atoms with Crippen LogP contribution in [0.5, 0.6) is 5.75 Å². The highest BCUT2D eigenvalue weighted by Crippen LogP contribution is 2.23. The topological polar surface area (TPSA) is 15.7 Å². The lowest BCUT2D eigenvalue weighted by molar-refractivity contribution is 0.153. The number of hydrogen-bond donors (Lipinski definition) is 0. The lowest BCUT2D eigenvalue weighted by Crippen LogP contribution is -2.44. The van der Waals surface area contributed by atoms with Crippen molar-refractivity contribution < 1.29 is 4.74 Å². The first-order valence-corrected chi connectivity index (χ1v) is 8.89. The van der Waals surface area contributed by atoms with Crippen LogP contribution < -0.4 is 4.74 Å². The molecule has 0 amide bonds. The zero-order valence-electron chi connectivity index (χ0n) is 14.9. The van der Waals surface area contributed by atoms with Crippen LogP contribution in [0, 0.1) is 0 Å². The molecule has 2 aromatic rings. The summed E-state index contributed by atoms with van der Waals surface area (Å²) >= 11 is 0.